The van der Waals surface area contributed by atoms with Gasteiger partial charge < -0.3 is 4.57 Å². The largest absolute Gasteiger partial charge is 0.323 e. The highest BCUT2D eigenvalue weighted by atomic mass is 15.1. The Hall–Kier alpha value is -3.13. The van der Waals surface area contributed by atoms with Gasteiger partial charge in [-0.15, -0.1) is 0 Å². The summed E-state index contributed by atoms with van der Waals surface area (Å²) in [6, 6.07) is 26.8. The summed E-state index contributed by atoms with van der Waals surface area (Å²) in [6.07, 6.45) is 8.93. The van der Waals surface area contributed by atoms with Crippen LogP contribution in [0, 0.1) is 0 Å². The van der Waals surface area contributed by atoms with E-state index >= 15 is 0 Å². The van der Waals surface area contributed by atoms with Gasteiger partial charge in [0.25, 0.3) is 0 Å². The van der Waals surface area contributed by atoms with Crippen LogP contribution in [-0.2, 0) is 6.54 Å². The van der Waals surface area contributed by atoms with Gasteiger partial charge in [-0.1, -0.05) is 126 Å². The fourth-order valence-corrected chi connectivity index (χ4v) is 5.45. The number of aryl methyl sites for hydroxylation is 1. The third kappa shape index (κ3) is 4.59. The molecule has 0 aliphatic rings. The highest BCUT2D eigenvalue weighted by Gasteiger charge is 2.18. The van der Waals surface area contributed by atoms with E-state index in [1.165, 1.54) is 76.7 Å². The monoisotopic (exact) mass is 462 g/mol. The van der Waals surface area contributed by atoms with Crippen LogP contribution in [0.5, 0.6) is 0 Å². The van der Waals surface area contributed by atoms with Gasteiger partial charge in [0.15, 0.2) is 0 Å². The van der Waals surface area contributed by atoms with E-state index in [1.54, 1.807) is 0 Å². The lowest BCUT2D eigenvalue weighted by atomic mass is 9.97. The van der Waals surface area contributed by atoms with Crippen molar-refractivity contribution in [3.05, 3.63) is 78.4 Å². The first-order chi connectivity index (χ1) is 17.2. The third-order valence-corrected chi connectivity index (χ3v) is 7.71. The van der Waals surface area contributed by atoms with Gasteiger partial charge >= 0.3 is 0 Å². The zero-order valence-corrected chi connectivity index (χ0v) is 21.6. The summed E-state index contributed by atoms with van der Waals surface area (Å²) in [5.41, 5.74) is 5.04. The molecule has 2 heteroatoms. The van der Waals surface area contributed by atoms with E-state index in [9.17, 15) is 0 Å². The van der Waals surface area contributed by atoms with Crippen LogP contribution in [0.15, 0.2) is 72.8 Å². The van der Waals surface area contributed by atoms with Gasteiger partial charge in [-0.2, -0.15) is 0 Å². The number of rotatable bonds is 10. The molecule has 1 unspecified atom stereocenters. The van der Waals surface area contributed by atoms with Gasteiger partial charge in [0.2, 0.25) is 0 Å². The predicted octanol–water partition coefficient (Wildman–Crippen LogP) is 9.88. The molecule has 0 fully saturated rings. The lowest BCUT2D eigenvalue weighted by Crippen LogP contribution is -2.02. The molecule has 35 heavy (non-hydrogen) atoms. The highest BCUT2D eigenvalue weighted by molar-refractivity contribution is 6.23. The van der Waals surface area contributed by atoms with Crippen LogP contribution in [0.2, 0.25) is 0 Å². The lowest BCUT2D eigenvalue weighted by molar-refractivity contribution is 0.566. The number of benzene rings is 4. The van der Waals surface area contributed by atoms with Crippen LogP contribution in [0.25, 0.3) is 44.0 Å². The van der Waals surface area contributed by atoms with Gasteiger partial charge in [0.1, 0.15) is 5.82 Å². The first-order valence-electron chi connectivity index (χ1n) is 13.6. The van der Waals surface area contributed by atoms with Crippen molar-refractivity contribution in [2.45, 2.75) is 78.2 Å². The third-order valence-electron chi connectivity index (χ3n) is 7.71. The maximum Gasteiger partial charge on any atom is 0.141 e. The van der Waals surface area contributed by atoms with E-state index in [4.69, 9.17) is 4.98 Å². The van der Waals surface area contributed by atoms with Crippen molar-refractivity contribution in [3.63, 3.8) is 0 Å². The highest BCUT2D eigenvalue weighted by Crippen LogP contribution is 2.37. The van der Waals surface area contributed by atoms with Crippen LogP contribution in [0.1, 0.15) is 77.2 Å². The second-order valence-corrected chi connectivity index (χ2v) is 10.1. The van der Waals surface area contributed by atoms with Gasteiger partial charge in [0, 0.05) is 22.9 Å². The van der Waals surface area contributed by atoms with Gasteiger partial charge in [0.05, 0.1) is 11.0 Å². The Balaban J connectivity index is 1.67. The zero-order valence-electron chi connectivity index (χ0n) is 21.6. The Kier molecular flexibility index (Phi) is 7.18. The Labute approximate surface area is 210 Å². The number of unbranched alkanes of at least 4 members (excludes halogenated alkanes) is 5. The molecule has 1 atom stereocenters. The smallest absolute Gasteiger partial charge is 0.141 e. The Morgan fingerprint density at radius 3 is 1.97 bits per heavy atom. The van der Waals surface area contributed by atoms with E-state index in [2.05, 4.69) is 98.1 Å². The number of imidazole rings is 1. The molecule has 0 saturated heterocycles. The molecule has 5 rings (SSSR count). The number of aromatic nitrogens is 2. The molecular weight excluding hydrogens is 424 g/mol. The first kappa shape index (κ1) is 23.6. The number of fused-ring (bicyclic) bond motifs is 6. The van der Waals surface area contributed by atoms with Crippen molar-refractivity contribution in [2.24, 2.45) is 0 Å². The van der Waals surface area contributed by atoms with Crippen molar-refractivity contribution in [2.75, 3.05) is 0 Å². The molecule has 0 saturated carbocycles. The lowest BCUT2D eigenvalue weighted by Gasteiger charge is -2.13. The van der Waals surface area contributed by atoms with E-state index in [0.717, 1.165) is 24.3 Å². The van der Waals surface area contributed by atoms with Gasteiger partial charge in [-0.25, -0.2) is 4.98 Å². The summed E-state index contributed by atoms with van der Waals surface area (Å²) in [7, 11) is 0. The minimum absolute atomic E-state index is 0.582. The quantitative estimate of drug-likeness (QED) is 0.149. The van der Waals surface area contributed by atoms with Crippen molar-refractivity contribution in [1.29, 1.82) is 0 Å². The fraction of sp³-hybridized carbons (Fsp3) is 0.364. The average molecular weight is 463 g/mol. The Bertz CT molecular complexity index is 1430. The summed E-state index contributed by atoms with van der Waals surface area (Å²) in [6.45, 7) is 7.86. The molecule has 4 aromatic carbocycles. The van der Waals surface area contributed by atoms with E-state index in [-0.39, 0.29) is 0 Å². The van der Waals surface area contributed by atoms with Crippen LogP contribution < -0.4 is 0 Å². The summed E-state index contributed by atoms with van der Waals surface area (Å²) < 4.78 is 2.52. The molecule has 0 amide bonds. The average Bonchev–Trinajstić information content (AvgIpc) is 3.30. The van der Waals surface area contributed by atoms with Crippen molar-refractivity contribution in [3.8, 4) is 11.4 Å². The molecule has 1 heterocycles. The predicted molar refractivity (Wildman–Crippen MR) is 152 cm³/mol. The van der Waals surface area contributed by atoms with E-state index < -0.39 is 0 Å². The molecule has 1 aromatic heterocycles. The summed E-state index contributed by atoms with van der Waals surface area (Å²) in [5.74, 6) is 1.68. The Morgan fingerprint density at radius 1 is 0.686 bits per heavy atom. The summed E-state index contributed by atoms with van der Waals surface area (Å²) >= 11 is 0. The fourth-order valence-electron chi connectivity index (χ4n) is 5.45. The van der Waals surface area contributed by atoms with E-state index in [0.29, 0.717) is 5.92 Å². The zero-order chi connectivity index (χ0) is 24.2. The summed E-state index contributed by atoms with van der Waals surface area (Å²) in [5, 5.41) is 5.17. The van der Waals surface area contributed by atoms with Crippen LogP contribution in [0.4, 0.5) is 0 Å². The molecule has 0 radical (unpaired) electrons. The maximum absolute atomic E-state index is 5.35. The minimum Gasteiger partial charge on any atom is -0.323 e. The number of hydrogen-bond donors (Lipinski definition) is 0. The molecule has 5 aromatic rings. The number of hydrogen-bond acceptors (Lipinski definition) is 1. The molecular formula is C33H38N2. The molecule has 0 aliphatic heterocycles. The maximum atomic E-state index is 5.35. The minimum atomic E-state index is 0.582. The van der Waals surface area contributed by atoms with Crippen LogP contribution in [0.3, 0.4) is 0 Å². The molecule has 180 valence electrons. The van der Waals surface area contributed by atoms with E-state index in [1.807, 2.05) is 0 Å². The second kappa shape index (κ2) is 10.6. The van der Waals surface area contributed by atoms with Crippen LogP contribution >= 0.6 is 0 Å². The second-order valence-electron chi connectivity index (χ2n) is 10.1. The SMILES string of the molecule is CCCCCCCCn1c(-c2ccc(C(C)CC)cc2)nc2c3ccccc3c3ccccc3c21. The summed E-state index contributed by atoms with van der Waals surface area (Å²) in [4.78, 5) is 5.35. The first-order valence-corrected chi connectivity index (χ1v) is 13.6. The van der Waals surface area contributed by atoms with Gasteiger partial charge in [-0.3, -0.25) is 0 Å². The molecule has 0 N–H and O–H groups in total. The van der Waals surface area contributed by atoms with Crippen LogP contribution in [-0.4, -0.2) is 9.55 Å². The molecule has 0 bridgehead atoms. The number of nitrogens with zero attached hydrogens (tertiary/aromatic N) is 2. The molecule has 0 aliphatic carbocycles. The Morgan fingerprint density at radius 2 is 1.29 bits per heavy atom. The van der Waals surface area contributed by atoms with Crippen molar-refractivity contribution < 1.29 is 0 Å². The van der Waals surface area contributed by atoms with Crippen molar-refractivity contribution in [1.82, 2.24) is 9.55 Å². The van der Waals surface area contributed by atoms with Crippen molar-refractivity contribution >= 4 is 32.6 Å². The topological polar surface area (TPSA) is 17.8 Å². The molecule has 2 nitrogen and oxygen atoms in total. The standard InChI is InChI=1S/C33H38N2/c1-4-6-7-8-9-14-23-35-32-30-18-13-11-16-28(30)27-15-10-12-17-29(27)31(32)34-33(35)26-21-19-25(20-22-26)24(3)5-2/h10-13,15-22,24H,4-9,14,23H2,1-3H3. The van der Waals surface area contributed by atoms with Gasteiger partial charge in [-0.05, 0) is 35.1 Å². The molecule has 0 spiro atoms. The normalized spacial score (nSPS) is 12.7.